The molecular weight excluding hydrogens is 530 g/mol. The zero-order valence-electron chi connectivity index (χ0n) is 20.7. The Balaban J connectivity index is 1.11. The Labute approximate surface area is 224 Å². The molecule has 1 aromatic heterocycles. The number of hydrogen-bond acceptors (Lipinski definition) is 9. The van der Waals surface area contributed by atoms with Gasteiger partial charge in [0.25, 0.3) is 21.8 Å². The first-order chi connectivity index (χ1) is 18.8. The van der Waals surface area contributed by atoms with Gasteiger partial charge in [-0.3, -0.25) is 14.3 Å². The molecule has 1 saturated heterocycles. The standard InChI is InChI=1S/C26H25N3O9S/c30-24(28-9-11-29(12-10-28)25(31)22-2-1-13-35-22)17-38-26(32)18-3-5-19(6-4-18)27-39(33,34)20-7-8-21-23(16-20)37-15-14-36-21/h1-8,13,16,27H,9-12,14-15,17H2. The van der Waals surface area contributed by atoms with Crippen LogP contribution in [0, 0.1) is 0 Å². The number of nitrogens with one attached hydrogen (secondary N) is 1. The molecule has 0 spiro atoms. The van der Waals surface area contributed by atoms with E-state index in [2.05, 4.69) is 4.72 Å². The number of esters is 1. The highest BCUT2D eigenvalue weighted by Crippen LogP contribution is 2.32. The number of sulfonamides is 1. The first kappa shape index (κ1) is 26.1. The Hall–Kier alpha value is -4.52. The topological polar surface area (TPSA) is 145 Å². The summed E-state index contributed by atoms with van der Waals surface area (Å²) in [6.45, 7) is 1.56. The molecular formula is C26H25N3O9S. The molecule has 2 aliphatic heterocycles. The van der Waals surface area contributed by atoms with E-state index in [1.165, 1.54) is 53.6 Å². The van der Waals surface area contributed by atoms with Crippen molar-refractivity contribution < 1.29 is 41.4 Å². The van der Waals surface area contributed by atoms with Crippen LogP contribution in [-0.2, 0) is 19.6 Å². The fraction of sp³-hybridized carbons (Fsp3) is 0.269. The van der Waals surface area contributed by atoms with Gasteiger partial charge in [-0.2, -0.15) is 0 Å². The largest absolute Gasteiger partial charge is 0.486 e. The van der Waals surface area contributed by atoms with Crippen molar-refractivity contribution in [3.63, 3.8) is 0 Å². The van der Waals surface area contributed by atoms with Gasteiger partial charge in [0, 0.05) is 37.9 Å². The van der Waals surface area contributed by atoms with Crippen molar-refractivity contribution in [2.45, 2.75) is 4.90 Å². The number of benzene rings is 2. The van der Waals surface area contributed by atoms with Gasteiger partial charge in [0.2, 0.25) is 0 Å². The number of carbonyl (C=O) groups excluding carboxylic acids is 3. The minimum Gasteiger partial charge on any atom is -0.486 e. The van der Waals surface area contributed by atoms with Crippen molar-refractivity contribution in [3.05, 3.63) is 72.2 Å². The highest BCUT2D eigenvalue weighted by atomic mass is 32.2. The quantitative estimate of drug-likeness (QED) is 0.433. The molecule has 0 saturated carbocycles. The van der Waals surface area contributed by atoms with Crippen LogP contribution in [0.4, 0.5) is 5.69 Å². The number of furan rings is 1. The maximum absolute atomic E-state index is 12.8. The zero-order valence-corrected chi connectivity index (χ0v) is 21.5. The average molecular weight is 556 g/mol. The van der Waals surface area contributed by atoms with Crippen molar-refractivity contribution in [2.75, 3.05) is 50.7 Å². The van der Waals surface area contributed by atoms with E-state index in [9.17, 15) is 22.8 Å². The summed E-state index contributed by atoms with van der Waals surface area (Å²) in [7, 11) is -3.92. The number of amides is 2. The summed E-state index contributed by atoms with van der Waals surface area (Å²) in [5.41, 5.74) is 0.387. The SMILES string of the molecule is O=C(OCC(=O)N1CCN(C(=O)c2ccco2)CC1)c1ccc(NS(=O)(=O)c2ccc3c(c2)OCCO3)cc1. The van der Waals surface area contributed by atoms with Crippen LogP contribution in [-0.4, -0.2) is 82.0 Å². The molecule has 39 heavy (non-hydrogen) atoms. The maximum atomic E-state index is 12.8. The smallest absolute Gasteiger partial charge is 0.338 e. The molecule has 1 fully saturated rings. The molecule has 2 aliphatic rings. The predicted octanol–water partition coefficient (Wildman–Crippen LogP) is 1.99. The van der Waals surface area contributed by atoms with Crippen molar-refractivity contribution >= 4 is 33.5 Å². The molecule has 5 rings (SSSR count). The van der Waals surface area contributed by atoms with Crippen molar-refractivity contribution in [3.8, 4) is 11.5 Å². The fourth-order valence-electron chi connectivity index (χ4n) is 4.10. The second kappa shape index (κ2) is 11.1. The third-order valence-electron chi connectivity index (χ3n) is 6.18. The van der Waals surface area contributed by atoms with Gasteiger partial charge in [-0.1, -0.05) is 0 Å². The Bertz CT molecular complexity index is 1460. The minimum atomic E-state index is -3.92. The van der Waals surface area contributed by atoms with Crippen LogP contribution in [0.25, 0.3) is 0 Å². The molecule has 2 aromatic carbocycles. The Kier molecular flexibility index (Phi) is 7.41. The Morgan fingerprint density at radius 3 is 2.26 bits per heavy atom. The minimum absolute atomic E-state index is 0.0000797. The van der Waals surface area contributed by atoms with Crippen LogP contribution in [0.15, 0.2) is 70.2 Å². The molecule has 0 radical (unpaired) electrons. The molecule has 0 bridgehead atoms. The summed E-state index contributed by atoms with van der Waals surface area (Å²) in [5.74, 6) is -0.278. The summed E-state index contributed by atoms with van der Waals surface area (Å²) in [5, 5.41) is 0. The third-order valence-corrected chi connectivity index (χ3v) is 7.55. The van der Waals surface area contributed by atoms with Crippen LogP contribution < -0.4 is 14.2 Å². The van der Waals surface area contributed by atoms with Crippen LogP contribution in [0.3, 0.4) is 0 Å². The van der Waals surface area contributed by atoms with Crippen LogP contribution in [0.5, 0.6) is 11.5 Å². The number of ether oxygens (including phenoxy) is 3. The number of fused-ring (bicyclic) bond motifs is 1. The van der Waals surface area contributed by atoms with E-state index in [-0.39, 0.29) is 33.7 Å². The molecule has 3 heterocycles. The van der Waals surface area contributed by atoms with Crippen LogP contribution >= 0.6 is 0 Å². The van der Waals surface area contributed by atoms with Crippen molar-refractivity contribution in [1.29, 1.82) is 0 Å². The van der Waals surface area contributed by atoms with E-state index in [1.807, 2.05) is 0 Å². The lowest BCUT2D eigenvalue weighted by atomic mass is 10.2. The van der Waals surface area contributed by atoms with E-state index in [0.29, 0.717) is 50.9 Å². The van der Waals surface area contributed by atoms with Gasteiger partial charge in [-0.15, -0.1) is 0 Å². The number of piperazine rings is 1. The Morgan fingerprint density at radius 2 is 1.56 bits per heavy atom. The second-order valence-electron chi connectivity index (χ2n) is 8.71. The van der Waals surface area contributed by atoms with E-state index >= 15 is 0 Å². The highest BCUT2D eigenvalue weighted by molar-refractivity contribution is 7.92. The van der Waals surface area contributed by atoms with E-state index in [4.69, 9.17) is 18.6 Å². The van der Waals surface area contributed by atoms with Crippen LogP contribution in [0.2, 0.25) is 0 Å². The molecule has 12 nitrogen and oxygen atoms in total. The van der Waals surface area contributed by atoms with Crippen LogP contribution in [0.1, 0.15) is 20.9 Å². The van der Waals surface area contributed by atoms with Gasteiger partial charge in [-0.25, -0.2) is 13.2 Å². The zero-order chi connectivity index (χ0) is 27.4. The molecule has 0 unspecified atom stereocenters. The average Bonchev–Trinajstić information content (AvgIpc) is 3.50. The van der Waals surface area contributed by atoms with Crippen molar-refractivity contribution in [2.24, 2.45) is 0 Å². The molecule has 1 N–H and O–H groups in total. The number of nitrogens with zero attached hydrogens (tertiary/aromatic N) is 2. The normalized spacial score (nSPS) is 15.0. The number of hydrogen-bond donors (Lipinski definition) is 1. The monoisotopic (exact) mass is 555 g/mol. The molecule has 2 amide bonds. The third kappa shape index (κ3) is 5.98. The molecule has 3 aromatic rings. The van der Waals surface area contributed by atoms with E-state index in [0.717, 1.165) is 0 Å². The summed E-state index contributed by atoms with van der Waals surface area (Å²) in [6, 6.07) is 13.2. The lowest BCUT2D eigenvalue weighted by Crippen LogP contribution is -2.51. The summed E-state index contributed by atoms with van der Waals surface area (Å²) in [4.78, 5) is 40.4. The number of rotatable bonds is 7. The van der Waals surface area contributed by atoms with Gasteiger partial charge < -0.3 is 28.4 Å². The second-order valence-corrected chi connectivity index (χ2v) is 10.4. The first-order valence-electron chi connectivity index (χ1n) is 12.1. The molecule has 13 heteroatoms. The molecule has 204 valence electrons. The lowest BCUT2D eigenvalue weighted by molar-refractivity contribution is -0.136. The predicted molar refractivity (Wildman–Crippen MR) is 136 cm³/mol. The molecule has 0 aliphatic carbocycles. The lowest BCUT2D eigenvalue weighted by Gasteiger charge is -2.34. The summed E-state index contributed by atoms with van der Waals surface area (Å²) >= 11 is 0. The fourth-order valence-corrected chi connectivity index (χ4v) is 5.17. The highest BCUT2D eigenvalue weighted by Gasteiger charge is 2.27. The molecule has 0 atom stereocenters. The van der Waals surface area contributed by atoms with Gasteiger partial charge in [0.05, 0.1) is 16.7 Å². The van der Waals surface area contributed by atoms with Gasteiger partial charge in [-0.05, 0) is 48.5 Å². The Morgan fingerprint density at radius 1 is 0.872 bits per heavy atom. The summed E-state index contributed by atoms with van der Waals surface area (Å²) < 4.78 is 49.2. The first-order valence-corrected chi connectivity index (χ1v) is 13.6. The number of carbonyl (C=O) groups is 3. The van der Waals surface area contributed by atoms with Gasteiger partial charge in [0.1, 0.15) is 13.2 Å². The van der Waals surface area contributed by atoms with E-state index < -0.39 is 22.6 Å². The van der Waals surface area contributed by atoms with E-state index in [1.54, 1.807) is 17.0 Å². The summed E-state index contributed by atoms with van der Waals surface area (Å²) in [6.07, 6.45) is 1.43. The van der Waals surface area contributed by atoms with Gasteiger partial charge >= 0.3 is 5.97 Å². The number of anilines is 1. The van der Waals surface area contributed by atoms with Crippen molar-refractivity contribution in [1.82, 2.24) is 9.80 Å². The maximum Gasteiger partial charge on any atom is 0.338 e. The van der Waals surface area contributed by atoms with Gasteiger partial charge in [0.15, 0.2) is 23.9 Å².